The predicted octanol–water partition coefficient (Wildman–Crippen LogP) is 2.84. The molecular formula is C17H15N5O2S. The van der Waals surface area contributed by atoms with Crippen molar-refractivity contribution in [1.82, 2.24) is 24.7 Å². The summed E-state index contributed by atoms with van der Waals surface area (Å²) in [7, 11) is 0. The van der Waals surface area contributed by atoms with Crippen LogP contribution in [0.3, 0.4) is 0 Å². The van der Waals surface area contributed by atoms with Gasteiger partial charge < -0.3 is 4.74 Å². The third-order valence-electron chi connectivity index (χ3n) is 3.70. The van der Waals surface area contributed by atoms with E-state index in [1.54, 1.807) is 11.6 Å². The van der Waals surface area contributed by atoms with Crippen LogP contribution >= 0.6 is 11.3 Å². The fourth-order valence-electron chi connectivity index (χ4n) is 2.59. The number of hydrogen-bond donors (Lipinski definition) is 0. The molecule has 1 aromatic carbocycles. The van der Waals surface area contributed by atoms with Gasteiger partial charge in [-0.25, -0.2) is 15.0 Å². The van der Waals surface area contributed by atoms with Gasteiger partial charge in [0.15, 0.2) is 5.65 Å². The fourth-order valence-corrected chi connectivity index (χ4v) is 3.37. The van der Waals surface area contributed by atoms with Crippen molar-refractivity contribution in [2.75, 3.05) is 6.61 Å². The van der Waals surface area contributed by atoms with Gasteiger partial charge in [0, 0.05) is 5.38 Å². The Hall–Kier alpha value is -2.87. The first-order chi connectivity index (χ1) is 12.2. The lowest BCUT2D eigenvalue weighted by Gasteiger charge is -2.00. The van der Waals surface area contributed by atoms with Crippen LogP contribution in [0.15, 0.2) is 29.6 Å². The van der Waals surface area contributed by atoms with E-state index < -0.39 is 0 Å². The van der Waals surface area contributed by atoms with E-state index in [4.69, 9.17) is 4.74 Å². The van der Waals surface area contributed by atoms with Gasteiger partial charge in [0.2, 0.25) is 5.13 Å². The van der Waals surface area contributed by atoms with Crippen LogP contribution in [-0.4, -0.2) is 37.3 Å². The van der Waals surface area contributed by atoms with Gasteiger partial charge in [0.25, 0.3) is 0 Å². The quantitative estimate of drug-likeness (QED) is 0.525. The van der Waals surface area contributed by atoms with Crippen molar-refractivity contribution in [1.29, 1.82) is 0 Å². The highest BCUT2D eigenvalue weighted by molar-refractivity contribution is 7.12. The molecule has 8 heteroatoms. The van der Waals surface area contributed by atoms with Crippen molar-refractivity contribution in [2.45, 2.75) is 20.3 Å². The molecule has 0 aliphatic carbocycles. The average molecular weight is 353 g/mol. The summed E-state index contributed by atoms with van der Waals surface area (Å²) in [6.07, 6.45) is 0.150. The van der Waals surface area contributed by atoms with Crippen LogP contribution in [0.1, 0.15) is 18.3 Å². The van der Waals surface area contributed by atoms with Gasteiger partial charge >= 0.3 is 5.97 Å². The molecule has 25 heavy (non-hydrogen) atoms. The summed E-state index contributed by atoms with van der Waals surface area (Å²) >= 11 is 1.41. The van der Waals surface area contributed by atoms with Crippen LogP contribution < -0.4 is 0 Å². The lowest BCUT2D eigenvalue weighted by Crippen LogP contribution is -2.08. The molecule has 4 rings (SSSR count). The summed E-state index contributed by atoms with van der Waals surface area (Å²) in [5.74, 6) is -0.286. The molecule has 0 saturated carbocycles. The molecule has 0 aliphatic heterocycles. The molecule has 3 heterocycles. The fraction of sp³-hybridized carbons (Fsp3) is 0.235. The van der Waals surface area contributed by atoms with Crippen LogP contribution in [0.5, 0.6) is 0 Å². The van der Waals surface area contributed by atoms with Crippen molar-refractivity contribution >= 4 is 39.5 Å². The molecule has 7 nitrogen and oxygen atoms in total. The maximum absolute atomic E-state index is 11.6. The number of carbonyl (C=O) groups is 1. The van der Waals surface area contributed by atoms with Crippen molar-refractivity contribution in [3.8, 4) is 5.13 Å². The number of rotatable bonds is 4. The second-order valence-corrected chi connectivity index (χ2v) is 6.32. The maximum atomic E-state index is 11.6. The Morgan fingerprint density at radius 3 is 2.72 bits per heavy atom. The molecule has 0 saturated heterocycles. The highest BCUT2D eigenvalue weighted by atomic mass is 32.1. The number of nitrogens with zero attached hydrogens (tertiary/aromatic N) is 5. The molecule has 0 atom stereocenters. The Kier molecular flexibility index (Phi) is 3.89. The van der Waals surface area contributed by atoms with E-state index in [0.29, 0.717) is 23.1 Å². The number of esters is 1. The number of hydrogen-bond acceptors (Lipinski definition) is 7. The molecular weight excluding hydrogens is 338 g/mol. The van der Waals surface area contributed by atoms with Gasteiger partial charge in [-0.3, -0.25) is 4.79 Å². The first-order valence-electron chi connectivity index (χ1n) is 7.88. The number of thiazole rings is 1. The standard InChI is InChI=1S/C17H15N5O2S/c1-3-24-14(23)8-11-9-25-17(18-11)22-16-15(10(2)21-22)19-12-6-4-5-7-13(12)20-16/h4-7,9H,3,8H2,1-2H3. The van der Waals surface area contributed by atoms with Crippen molar-refractivity contribution < 1.29 is 9.53 Å². The van der Waals surface area contributed by atoms with Gasteiger partial charge in [0.05, 0.1) is 35.4 Å². The molecule has 0 fully saturated rings. The van der Waals surface area contributed by atoms with E-state index >= 15 is 0 Å². The molecule has 0 radical (unpaired) electrons. The Morgan fingerprint density at radius 1 is 1.20 bits per heavy atom. The van der Waals surface area contributed by atoms with E-state index in [9.17, 15) is 4.79 Å². The lowest BCUT2D eigenvalue weighted by molar-refractivity contribution is -0.142. The zero-order valence-corrected chi connectivity index (χ0v) is 14.6. The highest BCUT2D eigenvalue weighted by Crippen LogP contribution is 2.23. The van der Waals surface area contributed by atoms with E-state index in [1.165, 1.54) is 11.3 Å². The smallest absolute Gasteiger partial charge is 0.311 e. The van der Waals surface area contributed by atoms with Gasteiger partial charge in [-0.1, -0.05) is 12.1 Å². The van der Waals surface area contributed by atoms with Crippen molar-refractivity contribution in [3.63, 3.8) is 0 Å². The summed E-state index contributed by atoms with van der Waals surface area (Å²) in [6.45, 7) is 4.04. The third-order valence-corrected chi connectivity index (χ3v) is 4.56. The van der Waals surface area contributed by atoms with E-state index in [0.717, 1.165) is 22.2 Å². The molecule has 0 unspecified atom stereocenters. The summed E-state index contributed by atoms with van der Waals surface area (Å²) in [5.41, 5.74) is 4.50. The number of para-hydroxylation sites is 2. The Balaban J connectivity index is 1.78. The number of benzene rings is 1. The normalized spacial score (nSPS) is 11.3. The SMILES string of the molecule is CCOC(=O)Cc1csc(-n2nc(C)c3nc4ccccc4nc32)n1. The molecule has 0 N–H and O–H groups in total. The Labute approximate surface area is 147 Å². The van der Waals surface area contributed by atoms with Crippen LogP contribution in [0.2, 0.25) is 0 Å². The number of ether oxygens (including phenoxy) is 1. The largest absolute Gasteiger partial charge is 0.466 e. The zero-order chi connectivity index (χ0) is 17.4. The lowest BCUT2D eigenvalue weighted by atomic mass is 10.3. The minimum atomic E-state index is -0.286. The molecule has 0 bridgehead atoms. The number of carbonyl (C=O) groups excluding carboxylic acids is 1. The number of fused-ring (bicyclic) bond motifs is 2. The average Bonchev–Trinajstić information content (AvgIpc) is 3.18. The monoisotopic (exact) mass is 353 g/mol. The summed E-state index contributed by atoms with van der Waals surface area (Å²) in [6, 6.07) is 7.71. The van der Waals surface area contributed by atoms with E-state index in [2.05, 4.69) is 20.1 Å². The minimum Gasteiger partial charge on any atom is -0.466 e. The molecule has 0 spiro atoms. The van der Waals surface area contributed by atoms with Gasteiger partial charge in [-0.15, -0.1) is 11.3 Å². The first-order valence-corrected chi connectivity index (χ1v) is 8.76. The van der Waals surface area contributed by atoms with Gasteiger partial charge in [0.1, 0.15) is 5.52 Å². The van der Waals surface area contributed by atoms with Crippen LogP contribution in [-0.2, 0) is 16.0 Å². The van der Waals surface area contributed by atoms with Crippen molar-refractivity contribution in [3.05, 3.63) is 41.0 Å². The maximum Gasteiger partial charge on any atom is 0.311 e. The van der Waals surface area contributed by atoms with Crippen LogP contribution in [0.25, 0.3) is 27.3 Å². The van der Waals surface area contributed by atoms with E-state index in [-0.39, 0.29) is 12.4 Å². The minimum absolute atomic E-state index is 0.150. The van der Waals surface area contributed by atoms with Gasteiger partial charge in [-0.2, -0.15) is 9.78 Å². The first kappa shape index (κ1) is 15.6. The topological polar surface area (TPSA) is 82.8 Å². The molecule has 0 amide bonds. The summed E-state index contributed by atoms with van der Waals surface area (Å²) in [5, 5.41) is 7.03. The summed E-state index contributed by atoms with van der Waals surface area (Å²) < 4.78 is 6.65. The predicted molar refractivity (Wildman–Crippen MR) is 94.9 cm³/mol. The molecule has 3 aromatic heterocycles. The number of aryl methyl sites for hydroxylation is 1. The Morgan fingerprint density at radius 2 is 1.96 bits per heavy atom. The second-order valence-electron chi connectivity index (χ2n) is 5.48. The van der Waals surface area contributed by atoms with Crippen LogP contribution in [0.4, 0.5) is 0 Å². The van der Waals surface area contributed by atoms with Gasteiger partial charge in [-0.05, 0) is 26.0 Å². The third kappa shape index (κ3) is 2.85. The second kappa shape index (κ2) is 6.21. The Bertz CT molecular complexity index is 1090. The van der Waals surface area contributed by atoms with Crippen molar-refractivity contribution in [2.24, 2.45) is 0 Å². The summed E-state index contributed by atoms with van der Waals surface area (Å²) in [4.78, 5) is 25.5. The zero-order valence-electron chi connectivity index (χ0n) is 13.8. The van der Waals surface area contributed by atoms with E-state index in [1.807, 2.05) is 36.6 Å². The molecule has 4 aromatic rings. The highest BCUT2D eigenvalue weighted by Gasteiger charge is 2.16. The molecule has 0 aliphatic rings. The molecule has 126 valence electrons. The van der Waals surface area contributed by atoms with Crippen LogP contribution in [0, 0.1) is 6.92 Å². The number of aromatic nitrogens is 5.